The van der Waals surface area contributed by atoms with Crippen molar-refractivity contribution in [2.75, 3.05) is 19.6 Å². The second-order valence-electron chi connectivity index (χ2n) is 5.51. The highest BCUT2D eigenvalue weighted by atomic mass is 32.2. The lowest BCUT2D eigenvalue weighted by Crippen LogP contribution is -2.39. The molecule has 0 aliphatic carbocycles. The van der Waals surface area contributed by atoms with Gasteiger partial charge in [0.1, 0.15) is 4.90 Å². The van der Waals surface area contributed by atoms with Gasteiger partial charge in [0.15, 0.2) is 0 Å². The zero-order chi connectivity index (χ0) is 13.8. The van der Waals surface area contributed by atoms with E-state index in [9.17, 15) is 8.42 Å². The van der Waals surface area contributed by atoms with E-state index in [1.165, 1.54) is 0 Å². The van der Waals surface area contributed by atoms with Gasteiger partial charge in [-0.25, -0.2) is 8.42 Å². The number of nitrogens with one attached hydrogen (secondary N) is 1. The summed E-state index contributed by atoms with van der Waals surface area (Å²) in [7, 11) is -1.64. The van der Waals surface area contributed by atoms with Crippen LogP contribution in [0, 0.1) is 19.8 Å². The van der Waals surface area contributed by atoms with E-state index in [-0.39, 0.29) is 6.04 Å². The molecule has 6 nitrogen and oxygen atoms in total. The Morgan fingerprint density at radius 3 is 2.68 bits per heavy atom. The van der Waals surface area contributed by atoms with E-state index >= 15 is 0 Å². The van der Waals surface area contributed by atoms with E-state index in [1.807, 2.05) is 6.92 Å². The minimum Gasteiger partial charge on any atom is -0.315 e. The first kappa shape index (κ1) is 13.1. The number of rotatable bonds is 2. The van der Waals surface area contributed by atoms with E-state index in [0.717, 1.165) is 19.5 Å². The molecular formula is C12H20N4O2S. The average molecular weight is 284 g/mol. The highest BCUT2D eigenvalue weighted by Gasteiger charge is 2.45. The maximum atomic E-state index is 12.9. The van der Waals surface area contributed by atoms with Gasteiger partial charge in [-0.3, -0.25) is 4.68 Å². The summed E-state index contributed by atoms with van der Waals surface area (Å²) >= 11 is 0. The minimum absolute atomic E-state index is 0.115. The molecule has 0 aromatic carbocycles. The third kappa shape index (κ3) is 1.83. The summed E-state index contributed by atoms with van der Waals surface area (Å²) in [6.45, 7) is 5.91. The Bertz CT molecular complexity index is 607. The van der Waals surface area contributed by atoms with Gasteiger partial charge in [-0.2, -0.15) is 9.40 Å². The van der Waals surface area contributed by atoms with Crippen LogP contribution in [-0.4, -0.2) is 48.2 Å². The molecule has 2 aliphatic heterocycles. The van der Waals surface area contributed by atoms with Crippen molar-refractivity contribution in [1.29, 1.82) is 0 Å². The largest absolute Gasteiger partial charge is 0.315 e. The van der Waals surface area contributed by atoms with Crippen LogP contribution < -0.4 is 5.32 Å². The fourth-order valence-electron chi connectivity index (χ4n) is 3.35. The highest BCUT2D eigenvalue weighted by molar-refractivity contribution is 7.89. The maximum Gasteiger partial charge on any atom is 0.247 e. The van der Waals surface area contributed by atoms with Crippen molar-refractivity contribution < 1.29 is 8.42 Å². The fourth-order valence-corrected chi connectivity index (χ4v) is 5.46. The smallest absolute Gasteiger partial charge is 0.247 e. The van der Waals surface area contributed by atoms with Crippen LogP contribution in [0.25, 0.3) is 0 Å². The summed E-state index contributed by atoms with van der Waals surface area (Å²) in [5, 5.41) is 7.51. The molecule has 2 saturated heterocycles. The van der Waals surface area contributed by atoms with Crippen molar-refractivity contribution in [3.8, 4) is 0 Å². The van der Waals surface area contributed by atoms with E-state index in [2.05, 4.69) is 10.4 Å². The van der Waals surface area contributed by atoms with Crippen LogP contribution >= 0.6 is 0 Å². The number of hydrogen-bond acceptors (Lipinski definition) is 4. The second-order valence-corrected chi connectivity index (χ2v) is 7.34. The molecule has 1 aromatic rings. The minimum atomic E-state index is -3.42. The number of nitrogens with zero attached hydrogens (tertiary/aromatic N) is 3. The van der Waals surface area contributed by atoms with Crippen LogP contribution in [0.15, 0.2) is 4.90 Å². The van der Waals surface area contributed by atoms with Crippen LogP contribution in [0.2, 0.25) is 0 Å². The topological polar surface area (TPSA) is 67.2 Å². The number of aryl methyl sites for hydroxylation is 2. The first-order chi connectivity index (χ1) is 8.93. The van der Waals surface area contributed by atoms with Crippen LogP contribution in [0.1, 0.15) is 17.8 Å². The summed E-state index contributed by atoms with van der Waals surface area (Å²) < 4.78 is 29.1. The van der Waals surface area contributed by atoms with Crippen molar-refractivity contribution in [2.45, 2.75) is 31.2 Å². The van der Waals surface area contributed by atoms with Gasteiger partial charge in [-0.1, -0.05) is 0 Å². The Morgan fingerprint density at radius 1 is 1.32 bits per heavy atom. The van der Waals surface area contributed by atoms with Gasteiger partial charge >= 0.3 is 0 Å². The Hall–Kier alpha value is -0.920. The molecule has 3 heterocycles. The molecule has 1 N–H and O–H groups in total. The van der Waals surface area contributed by atoms with Crippen molar-refractivity contribution in [3.63, 3.8) is 0 Å². The molecule has 0 amide bonds. The molecule has 7 heteroatoms. The first-order valence-electron chi connectivity index (χ1n) is 6.65. The van der Waals surface area contributed by atoms with E-state index in [0.29, 0.717) is 28.7 Å². The van der Waals surface area contributed by atoms with Crippen LogP contribution in [0.5, 0.6) is 0 Å². The Balaban J connectivity index is 2.03. The van der Waals surface area contributed by atoms with E-state index < -0.39 is 10.0 Å². The normalized spacial score (nSPS) is 27.9. The molecule has 2 atom stereocenters. The number of sulfonamides is 1. The number of fused-ring (bicyclic) bond motifs is 1. The van der Waals surface area contributed by atoms with E-state index in [1.54, 1.807) is 23.0 Å². The molecule has 0 radical (unpaired) electrons. The second kappa shape index (κ2) is 4.29. The number of hydrogen-bond donors (Lipinski definition) is 1. The van der Waals surface area contributed by atoms with Crippen LogP contribution in [0.4, 0.5) is 0 Å². The monoisotopic (exact) mass is 284 g/mol. The number of aromatic nitrogens is 2. The Labute approximate surface area is 113 Å². The van der Waals surface area contributed by atoms with E-state index in [4.69, 9.17) is 0 Å². The molecule has 0 unspecified atom stereocenters. The molecule has 2 aliphatic rings. The predicted octanol–water partition coefficient (Wildman–Crippen LogP) is 0.0193. The van der Waals surface area contributed by atoms with Crippen molar-refractivity contribution >= 4 is 10.0 Å². The third-order valence-electron chi connectivity index (χ3n) is 4.40. The first-order valence-corrected chi connectivity index (χ1v) is 8.09. The zero-order valence-corrected chi connectivity index (χ0v) is 12.4. The Kier molecular flexibility index (Phi) is 2.95. The van der Waals surface area contributed by atoms with Gasteiger partial charge in [-0.15, -0.1) is 0 Å². The molecule has 3 rings (SSSR count). The standard InChI is InChI=1S/C12H20N4O2S/c1-8-12(9(2)15(3)14-8)19(17,18)16-5-4-10-6-13-7-11(10)16/h10-11,13H,4-7H2,1-3H3/t10-,11+/m0/s1. The summed E-state index contributed by atoms with van der Waals surface area (Å²) in [4.78, 5) is 0.391. The zero-order valence-electron chi connectivity index (χ0n) is 11.5. The summed E-state index contributed by atoms with van der Waals surface area (Å²) in [5.41, 5.74) is 1.31. The quantitative estimate of drug-likeness (QED) is 0.831. The molecule has 0 spiro atoms. The van der Waals surface area contributed by atoms with Gasteiger partial charge in [0.25, 0.3) is 0 Å². The van der Waals surface area contributed by atoms with Gasteiger partial charge in [-0.05, 0) is 32.7 Å². The average Bonchev–Trinajstić information content (AvgIpc) is 2.93. The Morgan fingerprint density at radius 2 is 2.05 bits per heavy atom. The third-order valence-corrected chi connectivity index (χ3v) is 6.58. The summed E-state index contributed by atoms with van der Waals surface area (Å²) in [6, 6.07) is 0.115. The predicted molar refractivity (Wildman–Crippen MR) is 71.3 cm³/mol. The van der Waals surface area contributed by atoms with Gasteiger partial charge < -0.3 is 5.32 Å². The van der Waals surface area contributed by atoms with Crippen LogP contribution in [0.3, 0.4) is 0 Å². The molecule has 2 fully saturated rings. The SMILES string of the molecule is Cc1nn(C)c(C)c1S(=O)(=O)N1CC[C@H]2CNC[C@H]21. The molecule has 1 aromatic heterocycles. The molecule has 19 heavy (non-hydrogen) atoms. The lowest BCUT2D eigenvalue weighted by atomic mass is 10.1. The maximum absolute atomic E-state index is 12.9. The summed E-state index contributed by atoms with van der Waals surface area (Å²) in [5.74, 6) is 0.465. The van der Waals surface area contributed by atoms with Gasteiger partial charge in [0.05, 0.1) is 11.4 Å². The summed E-state index contributed by atoms with van der Waals surface area (Å²) in [6.07, 6.45) is 0.954. The van der Waals surface area contributed by atoms with Crippen molar-refractivity contribution in [3.05, 3.63) is 11.4 Å². The van der Waals surface area contributed by atoms with Crippen molar-refractivity contribution in [2.24, 2.45) is 13.0 Å². The van der Waals surface area contributed by atoms with Crippen LogP contribution in [-0.2, 0) is 17.1 Å². The highest BCUT2D eigenvalue weighted by Crippen LogP contribution is 2.34. The van der Waals surface area contributed by atoms with Gasteiger partial charge in [0.2, 0.25) is 10.0 Å². The van der Waals surface area contributed by atoms with Crippen molar-refractivity contribution in [1.82, 2.24) is 19.4 Å². The molecule has 106 valence electrons. The fraction of sp³-hybridized carbons (Fsp3) is 0.750. The van der Waals surface area contributed by atoms with Gasteiger partial charge in [0, 0.05) is 26.2 Å². The molecular weight excluding hydrogens is 264 g/mol. The molecule has 0 bridgehead atoms. The lowest BCUT2D eigenvalue weighted by molar-refractivity contribution is 0.382. The lowest BCUT2D eigenvalue weighted by Gasteiger charge is -2.22. The molecule has 0 saturated carbocycles.